The molecule has 1 amide bonds. The molecule has 11 heteroatoms. The van der Waals surface area contributed by atoms with Crippen LogP contribution in [0.2, 0.25) is 0 Å². The van der Waals surface area contributed by atoms with Crippen molar-refractivity contribution < 1.29 is 19.2 Å². The summed E-state index contributed by atoms with van der Waals surface area (Å²) < 4.78 is 12.5. The van der Waals surface area contributed by atoms with Crippen LogP contribution in [0.4, 0.5) is 11.5 Å². The molecule has 1 aromatic carbocycles. The standard InChI is InChI=1S/C18H20BrN5O5/c1-5-28-14-7-12(9-20)13(8-15(14)29-6-2)21-18(25)11(4)23-10(3)16(19)17(22-23)24(26)27/h7-8,11H,5-6H2,1-4H3,(H,21,25)/t11-/m1/s1. The summed E-state index contributed by atoms with van der Waals surface area (Å²) in [5, 5.41) is 27.1. The third kappa shape index (κ3) is 4.65. The highest BCUT2D eigenvalue weighted by molar-refractivity contribution is 9.10. The number of rotatable bonds is 8. The van der Waals surface area contributed by atoms with Gasteiger partial charge in [-0.15, -0.1) is 0 Å². The molecule has 0 radical (unpaired) electrons. The number of hydrogen-bond donors (Lipinski definition) is 1. The molecule has 1 atom stereocenters. The minimum absolute atomic E-state index is 0.196. The molecule has 0 unspecified atom stereocenters. The minimum Gasteiger partial charge on any atom is -0.490 e. The number of nitriles is 1. The average molecular weight is 466 g/mol. The van der Waals surface area contributed by atoms with E-state index < -0.39 is 16.9 Å². The summed E-state index contributed by atoms with van der Waals surface area (Å²) in [5.74, 6) is -0.0787. The number of anilines is 1. The molecule has 1 aromatic heterocycles. The highest BCUT2D eigenvalue weighted by Gasteiger charge is 2.29. The van der Waals surface area contributed by atoms with Gasteiger partial charge < -0.3 is 24.9 Å². The Labute approximate surface area is 175 Å². The van der Waals surface area contributed by atoms with Crippen molar-refractivity contribution in [1.82, 2.24) is 9.78 Å². The number of carbonyl (C=O) groups is 1. The number of aromatic nitrogens is 2. The Morgan fingerprint density at radius 1 is 1.38 bits per heavy atom. The normalized spacial score (nSPS) is 11.4. The Balaban J connectivity index is 2.37. The van der Waals surface area contributed by atoms with Gasteiger partial charge in [0, 0.05) is 12.1 Å². The van der Waals surface area contributed by atoms with Gasteiger partial charge >= 0.3 is 5.82 Å². The van der Waals surface area contributed by atoms with Gasteiger partial charge in [0.25, 0.3) is 5.91 Å². The summed E-state index contributed by atoms with van der Waals surface area (Å²) in [6, 6.07) is 4.17. The van der Waals surface area contributed by atoms with E-state index in [2.05, 4.69) is 26.3 Å². The van der Waals surface area contributed by atoms with Crippen LogP contribution in [0.1, 0.15) is 38.1 Å². The number of ether oxygens (including phenoxy) is 2. The zero-order chi connectivity index (χ0) is 21.7. The molecular weight excluding hydrogens is 446 g/mol. The molecule has 0 aliphatic rings. The smallest absolute Gasteiger partial charge is 0.404 e. The first-order valence-corrected chi connectivity index (χ1v) is 9.57. The number of benzene rings is 1. The maximum atomic E-state index is 12.8. The van der Waals surface area contributed by atoms with E-state index in [-0.39, 0.29) is 21.5 Å². The Morgan fingerprint density at radius 2 is 1.97 bits per heavy atom. The van der Waals surface area contributed by atoms with Crippen LogP contribution >= 0.6 is 15.9 Å². The molecule has 0 saturated carbocycles. The molecule has 10 nitrogen and oxygen atoms in total. The fourth-order valence-electron chi connectivity index (χ4n) is 2.62. The van der Waals surface area contributed by atoms with Gasteiger partial charge in [0.05, 0.1) is 35.3 Å². The summed E-state index contributed by atoms with van der Waals surface area (Å²) >= 11 is 3.13. The van der Waals surface area contributed by atoms with Gasteiger partial charge in [-0.2, -0.15) is 9.94 Å². The Kier molecular flexibility index (Phi) is 7.17. The molecule has 1 N–H and O–H groups in total. The number of amides is 1. The van der Waals surface area contributed by atoms with Crippen molar-refractivity contribution in [3.05, 3.63) is 38.0 Å². The number of hydrogen-bond acceptors (Lipinski definition) is 7. The van der Waals surface area contributed by atoms with Gasteiger partial charge in [-0.05, 0) is 48.5 Å². The number of halogens is 1. The number of nitro groups is 1. The van der Waals surface area contributed by atoms with E-state index in [9.17, 15) is 20.2 Å². The van der Waals surface area contributed by atoms with E-state index in [1.165, 1.54) is 16.8 Å². The van der Waals surface area contributed by atoms with Crippen LogP contribution in [-0.2, 0) is 4.79 Å². The maximum absolute atomic E-state index is 12.8. The second-order valence-electron chi connectivity index (χ2n) is 5.91. The predicted molar refractivity (Wildman–Crippen MR) is 108 cm³/mol. The van der Waals surface area contributed by atoms with Crippen molar-refractivity contribution in [3.63, 3.8) is 0 Å². The van der Waals surface area contributed by atoms with Crippen molar-refractivity contribution in [2.24, 2.45) is 0 Å². The van der Waals surface area contributed by atoms with Gasteiger partial charge in [0.2, 0.25) is 0 Å². The summed E-state index contributed by atoms with van der Waals surface area (Å²) in [4.78, 5) is 23.2. The lowest BCUT2D eigenvalue weighted by atomic mass is 10.1. The van der Waals surface area contributed by atoms with E-state index in [1.54, 1.807) is 20.8 Å². The minimum atomic E-state index is -0.867. The van der Waals surface area contributed by atoms with Gasteiger partial charge in [0.1, 0.15) is 16.6 Å². The van der Waals surface area contributed by atoms with E-state index in [0.717, 1.165) is 0 Å². The van der Waals surface area contributed by atoms with Crippen LogP contribution in [0.25, 0.3) is 0 Å². The summed E-state index contributed by atoms with van der Waals surface area (Å²) in [6.45, 7) is 7.54. The Morgan fingerprint density at radius 3 is 2.45 bits per heavy atom. The molecule has 0 spiro atoms. The summed E-state index contributed by atoms with van der Waals surface area (Å²) in [7, 11) is 0. The lowest BCUT2D eigenvalue weighted by molar-refractivity contribution is -0.390. The van der Waals surface area contributed by atoms with Gasteiger partial charge in [-0.25, -0.2) is 0 Å². The molecule has 2 aromatic rings. The van der Waals surface area contributed by atoms with Crippen LogP contribution < -0.4 is 14.8 Å². The fourth-order valence-corrected chi connectivity index (χ4v) is 3.02. The van der Waals surface area contributed by atoms with Crippen LogP contribution in [0.15, 0.2) is 16.6 Å². The van der Waals surface area contributed by atoms with Crippen molar-refractivity contribution in [3.8, 4) is 17.6 Å². The van der Waals surface area contributed by atoms with Crippen LogP contribution in [0.3, 0.4) is 0 Å². The van der Waals surface area contributed by atoms with E-state index in [1.807, 2.05) is 13.0 Å². The topological polar surface area (TPSA) is 132 Å². The molecule has 154 valence electrons. The highest BCUT2D eigenvalue weighted by atomic mass is 79.9. The molecule has 0 fully saturated rings. The molecular formula is C18H20BrN5O5. The average Bonchev–Trinajstić information content (AvgIpc) is 2.98. The van der Waals surface area contributed by atoms with Crippen molar-refractivity contribution in [1.29, 1.82) is 5.26 Å². The zero-order valence-electron chi connectivity index (χ0n) is 16.4. The Hall–Kier alpha value is -3.13. The lowest BCUT2D eigenvalue weighted by Gasteiger charge is -2.16. The molecule has 1 heterocycles. The molecule has 2 rings (SSSR count). The second-order valence-corrected chi connectivity index (χ2v) is 6.71. The SMILES string of the molecule is CCOc1cc(C#N)c(NC(=O)[C@@H](C)n2nc([N+](=O)[O-])c(Br)c2C)cc1OCC. The molecule has 0 bridgehead atoms. The van der Waals surface area contributed by atoms with Crippen LogP contribution in [0.5, 0.6) is 11.5 Å². The third-order valence-electron chi connectivity index (χ3n) is 4.04. The first-order valence-electron chi connectivity index (χ1n) is 8.78. The first kappa shape index (κ1) is 22.2. The van der Waals surface area contributed by atoms with Gasteiger partial charge in [-0.3, -0.25) is 4.79 Å². The Bertz CT molecular complexity index is 982. The van der Waals surface area contributed by atoms with Gasteiger partial charge in [-0.1, -0.05) is 0 Å². The van der Waals surface area contributed by atoms with Gasteiger partial charge in [0.15, 0.2) is 11.5 Å². The number of nitrogens with one attached hydrogen (secondary N) is 1. The second kappa shape index (κ2) is 9.38. The van der Waals surface area contributed by atoms with E-state index >= 15 is 0 Å². The molecule has 0 aliphatic carbocycles. The molecule has 29 heavy (non-hydrogen) atoms. The fraction of sp³-hybridized carbons (Fsp3) is 0.389. The van der Waals surface area contributed by atoms with E-state index in [0.29, 0.717) is 30.4 Å². The summed E-state index contributed by atoms with van der Waals surface area (Å²) in [6.07, 6.45) is 0. The number of carbonyl (C=O) groups excluding carboxylic acids is 1. The maximum Gasteiger partial charge on any atom is 0.404 e. The van der Waals surface area contributed by atoms with Crippen molar-refractivity contribution in [2.45, 2.75) is 33.7 Å². The quantitative estimate of drug-likeness (QED) is 0.463. The van der Waals surface area contributed by atoms with Crippen molar-refractivity contribution >= 4 is 33.3 Å². The van der Waals surface area contributed by atoms with E-state index in [4.69, 9.17) is 9.47 Å². The monoisotopic (exact) mass is 465 g/mol. The summed E-state index contributed by atoms with van der Waals surface area (Å²) in [5.41, 5.74) is 0.873. The lowest BCUT2D eigenvalue weighted by Crippen LogP contribution is -2.25. The number of nitrogens with zero attached hydrogens (tertiary/aromatic N) is 4. The van der Waals surface area contributed by atoms with Crippen LogP contribution in [-0.4, -0.2) is 33.8 Å². The largest absolute Gasteiger partial charge is 0.490 e. The van der Waals surface area contributed by atoms with Crippen LogP contribution in [0, 0.1) is 28.4 Å². The molecule has 0 aliphatic heterocycles. The first-order chi connectivity index (χ1) is 13.7. The highest BCUT2D eigenvalue weighted by Crippen LogP contribution is 2.34. The zero-order valence-corrected chi connectivity index (χ0v) is 17.9. The third-order valence-corrected chi connectivity index (χ3v) is 4.97. The van der Waals surface area contributed by atoms with Crippen molar-refractivity contribution in [2.75, 3.05) is 18.5 Å². The predicted octanol–water partition coefficient (Wildman–Crippen LogP) is 3.73. The molecule has 0 saturated heterocycles.